The van der Waals surface area contributed by atoms with E-state index in [-0.39, 0.29) is 5.75 Å². The summed E-state index contributed by atoms with van der Waals surface area (Å²) in [4.78, 5) is 0. The van der Waals surface area contributed by atoms with Gasteiger partial charge in [0.1, 0.15) is 5.75 Å². The second kappa shape index (κ2) is 5.27. The summed E-state index contributed by atoms with van der Waals surface area (Å²) in [6.45, 7) is 0. The fourth-order valence-corrected chi connectivity index (χ4v) is 1.54. The average Bonchev–Trinajstić information content (AvgIpc) is 2.13. The number of nitrogen functional groups attached to an aromatic ring is 1. The van der Waals surface area contributed by atoms with Gasteiger partial charge in [-0.2, -0.15) is 0 Å². The largest absolute Gasteiger partial charge is 0.505 e. The van der Waals surface area contributed by atoms with Gasteiger partial charge in [-0.05, 0) is 18.6 Å². The molecule has 0 saturated heterocycles. The minimum absolute atomic E-state index is 0.0835. The van der Waals surface area contributed by atoms with Crippen molar-refractivity contribution in [1.82, 2.24) is 0 Å². The lowest BCUT2D eigenvalue weighted by atomic mass is 10.1. The van der Waals surface area contributed by atoms with Crippen molar-refractivity contribution in [3.05, 3.63) is 28.8 Å². The third-order valence-corrected chi connectivity index (χ3v) is 2.38. The zero-order chi connectivity index (χ0) is 10.6. The Morgan fingerprint density at radius 1 is 1.50 bits per heavy atom. The van der Waals surface area contributed by atoms with E-state index in [0.29, 0.717) is 16.3 Å². The van der Waals surface area contributed by atoms with Gasteiger partial charge in [0.05, 0.1) is 5.69 Å². The smallest absolute Gasteiger partial charge is 0.145 e. The molecule has 2 nitrogen and oxygen atoms in total. The molecule has 0 spiro atoms. The van der Waals surface area contributed by atoms with Crippen molar-refractivity contribution < 1.29 is 5.11 Å². The highest BCUT2D eigenvalue weighted by atomic mass is 79.9. The number of phenols is 1. The summed E-state index contributed by atoms with van der Waals surface area (Å²) in [5.74, 6) is 0.0835. The van der Waals surface area contributed by atoms with Crippen LogP contribution in [0.15, 0.2) is 18.2 Å². The van der Waals surface area contributed by atoms with E-state index in [1.165, 1.54) is 6.07 Å². The van der Waals surface area contributed by atoms with Gasteiger partial charge in [0, 0.05) is 15.9 Å². The molecular weight excluding hydrogens is 265 g/mol. The minimum atomic E-state index is 0.0835. The number of benzene rings is 1. The molecule has 3 N–H and O–H groups in total. The van der Waals surface area contributed by atoms with E-state index in [0.717, 1.165) is 11.8 Å². The highest BCUT2D eigenvalue weighted by molar-refractivity contribution is 9.09. The maximum atomic E-state index is 9.57. The molecule has 0 heterocycles. The third kappa shape index (κ3) is 2.93. The number of hydrogen-bond acceptors (Lipinski definition) is 2. The first-order valence-electron chi connectivity index (χ1n) is 4.15. The Balaban J connectivity index is 2.96. The Morgan fingerprint density at radius 2 is 2.21 bits per heavy atom. The number of anilines is 1. The summed E-state index contributed by atoms with van der Waals surface area (Å²) in [5, 5.41) is 11.0. The number of allylic oxidation sites excluding steroid dienone is 1. The van der Waals surface area contributed by atoms with Crippen LogP contribution in [0.1, 0.15) is 12.0 Å². The van der Waals surface area contributed by atoms with Crippen LogP contribution in [0.5, 0.6) is 5.75 Å². The van der Waals surface area contributed by atoms with Crippen molar-refractivity contribution in [3.63, 3.8) is 0 Å². The number of alkyl halides is 1. The van der Waals surface area contributed by atoms with Crippen LogP contribution in [0.25, 0.3) is 6.08 Å². The summed E-state index contributed by atoms with van der Waals surface area (Å²) in [6, 6.07) is 3.21. The van der Waals surface area contributed by atoms with E-state index in [9.17, 15) is 5.11 Å². The normalized spacial score (nSPS) is 11.0. The molecule has 0 radical (unpaired) electrons. The lowest BCUT2D eigenvalue weighted by Crippen LogP contribution is -1.87. The van der Waals surface area contributed by atoms with Gasteiger partial charge in [-0.25, -0.2) is 0 Å². The van der Waals surface area contributed by atoms with Gasteiger partial charge >= 0.3 is 0 Å². The van der Waals surface area contributed by atoms with E-state index in [2.05, 4.69) is 15.9 Å². The van der Waals surface area contributed by atoms with Gasteiger partial charge < -0.3 is 10.8 Å². The zero-order valence-corrected chi connectivity index (χ0v) is 9.85. The maximum absolute atomic E-state index is 9.57. The topological polar surface area (TPSA) is 46.2 Å². The first-order chi connectivity index (χ1) is 6.65. The number of halogens is 2. The molecule has 0 fully saturated rings. The predicted molar refractivity (Wildman–Crippen MR) is 65.0 cm³/mol. The molecule has 0 bridgehead atoms. The number of hydrogen-bond donors (Lipinski definition) is 2. The van der Waals surface area contributed by atoms with Crippen LogP contribution in [-0.4, -0.2) is 10.4 Å². The Morgan fingerprint density at radius 3 is 2.86 bits per heavy atom. The first-order valence-corrected chi connectivity index (χ1v) is 5.65. The van der Waals surface area contributed by atoms with Crippen molar-refractivity contribution >= 4 is 39.3 Å². The van der Waals surface area contributed by atoms with Gasteiger partial charge in [-0.15, -0.1) is 0 Å². The average molecular weight is 277 g/mol. The molecule has 0 saturated carbocycles. The quantitative estimate of drug-likeness (QED) is 0.505. The molecule has 4 heteroatoms. The van der Waals surface area contributed by atoms with Crippen molar-refractivity contribution in [2.45, 2.75) is 6.42 Å². The standard InChI is InChI=1S/C10H11BrClNO/c11-4-2-1-3-7-5-8(12)6-9(13)10(7)14/h1,3,5-6,14H,2,4,13H2. The van der Waals surface area contributed by atoms with E-state index < -0.39 is 0 Å². The summed E-state index contributed by atoms with van der Waals surface area (Å²) in [6.07, 6.45) is 4.64. The van der Waals surface area contributed by atoms with Gasteiger partial charge in [0.25, 0.3) is 0 Å². The molecule has 0 atom stereocenters. The van der Waals surface area contributed by atoms with Crippen LogP contribution in [0.2, 0.25) is 5.02 Å². The number of rotatable bonds is 3. The number of nitrogens with two attached hydrogens (primary N) is 1. The molecule has 1 aromatic rings. The van der Waals surface area contributed by atoms with Crippen molar-refractivity contribution in [2.75, 3.05) is 11.1 Å². The second-order valence-electron chi connectivity index (χ2n) is 2.81. The molecule has 0 aliphatic carbocycles. The highest BCUT2D eigenvalue weighted by Crippen LogP contribution is 2.30. The van der Waals surface area contributed by atoms with E-state index >= 15 is 0 Å². The van der Waals surface area contributed by atoms with Crippen LogP contribution in [0.4, 0.5) is 5.69 Å². The predicted octanol–water partition coefficient (Wildman–Crippen LogP) is 3.43. The van der Waals surface area contributed by atoms with Crippen molar-refractivity contribution in [3.8, 4) is 5.75 Å². The van der Waals surface area contributed by atoms with Crippen molar-refractivity contribution in [1.29, 1.82) is 0 Å². The molecule has 0 unspecified atom stereocenters. The summed E-state index contributed by atoms with van der Waals surface area (Å²) in [7, 11) is 0. The summed E-state index contributed by atoms with van der Waals surface area (Å²) >= 11 is 9.11. The minimum Gasteiger partial charge on any atom is -0.505 e. The van der Waals surface area contributed by atoms with Gasteiger partial charge in [0.15, 0.2) is 0 Å². The molecular formula is C10H11BrClNO. The molecule has 0 amide bonds. The van der Waals surface area contributed by atoms with Gasteiger partial charge in [-0.1, -0.05) is 39.7 Å². The molecule has 14 heavy (non-hydrogen) atoms. The Kier molecular flexibility index (Phi) is 4.29. The molecule has 0 aliphatic rings. The van der Waals surface area contributed by atoms with Crippen LogP contribution in [-0.2, 0) is 0 Å². The fraction of sp³-hybridized carbons (Fsp3) is 0.200. The van der Waals surface area contributed by atoms with E-state index in [1.54, 1.807) is 12.1 Å². The van der Waals surface area contributed by atoms with Crippen LogP contribution < -0.4 is 5.73 Å². The summed E-state index contributed by atoms with van der Waals surface area (Å²) in [5.41, 5.74) is 6.50. The molecule has 0 aromatic heterocycles. The van der Waals surface area contributed by atoms with Crippen LogP contribution in [0.3, 0.4) is 0 Å². The molecule has 1 aromatic carbocycles. The van der Waals surface area contributed by atoms with Crippen molar-refractivity contribution in [2.24, 2.45) is 0 Å². The number of phenolic OH excluding ortho intramolecular Hbond substituents is 1. The maximum Gasteiger partial charge on any atom is 0.145 e. The SMILES string of the molecule is Nc1cc(Cl)cc(C=CCCBr)c1O. The zero-order valence-electron chi connectivity index (χ0n) is 7.50. The van der Waals surface area contributed by atoms with E-state index in [4.69, 9.17) is 17.3 Å². The van der Waals surface area contributed by atoms with Crippen LogP contribution >= 0.6 is 27.5 Å². The van der Waals surface area contributed by atoms with Gasteiger partial charge in [0.2, 0.25) is 0 Å². The summed E-state index contributed by atoms with van der Waals surface area (Å²) < 4.78 is 0. The van der Waals surface area contributed by atoms with Gasteiger partial charge in [-0.3, -0.25) is 0 Å². The molecule has 76 valence electrons. The molecule has 0 aliphatic heterocycles. The monoisotopic (exact) mass is 275 g/mol. The Bertz CT molecular complexity index is 352. The number of aromatic hydroxyl groups is 1. The second-order valence-corrected chi connectivity index (χ2v) is 4.04. The van der Waals surface area contributed by atoms with E-state index in [1.807, 2.05) is 6.08 Å². The lowest BCUT2D eigenvalue weighted by molar-refractivity contribution is 0.476. The third-order valence-electron chi connectivity index (χ3n) is 1.71. The Labute approximate surface area is 96.5 Å². The Hall–Kier alpha value is -0.670. The first kappa shape index (κ1) is 11.4. The fourth-order valence-electron chi connectivity index (χ4n) is 1.04. The molecule has 1 rings (SSSR count). The lowest BCUT2D eigenvalue weighted by Gasteiger charge is -2.03. The highest BCUT2D eigenvalue weighted by Gasteiger charge is 2.03. The van der Waals surface area contributed by atoms with Crippen LogP contribution in [0, 0.1) is 0 Å².